The molecule has 0 saturated carbocycles. The van der Waals surface area contributed by atoms with Crippen LogP contribution in [0, 0.1) is 0 Å². The molecule has 0 saturated heterocycles. The molecule has 0 aliphatic heterocycles. The van der Waals surface area contributed by atoms with Gasteiger partial charge in [0.1, 0.15) is 0 Å². The Kier molecular flexibility index (Phi) is 4.95. The molecule has 0 heterocycles. The van der Waals surface area contributed by atoms with Gasteiger partial charge in [-0.1, -0.05) is 6.92 Å². The Hall–Kier alpha value is -0.120. The number of aliphatic hydroxyl groups is 1. The second-order valence-electron chi connectivity index (χ2n) is 1.37. The molecule has 50 valence electrons. The smallest absolute Gasteiger partial charge is 0.188 e. The molecule has 0 rings (SSSR count). The first kappa shape index (κ1) is 7.88. The maximum atomic E-state index is 8.64. The molecule has 0 aromatic carbocycles. The Morgan fingerprint density at radius 2 is 2.12 bits per heavy atom. The Bertz CT molecular complexity index is 46.9. The summed E-state index contributed by atoms with van der Waals surface area (Å²) in [5.41, 5.74) is 0. The maximum Gasteiger partial charge on any atom is 0.188 e. The van der Waals surface area contributed by atoms with Crippen LogP contribution in [-0.2, 0) is 9.78 Å². The highest BCUT2D eigenvalue weighted by atomic mass is 17.2. The van der Waals surface area contributed by atoms with Gasteiger partial charge in [-0.3, -0.25) is 0 Å². The van der Waals surface area contributed by atoms with Gasteiger partial charge in [-0.05, 0) is 13.3 Å². The fourth-order valence-corrected chi connectivity index (χ4v) is 0.215. The van der Waals surface area contributed by atoms with Crippen molar-refractivity contribution in [2.75, 3.05) is 6.61 Å². The van der Waals surface area contributed by atoms with Crippen LogP contribution in [-0.4, -0.2) is 18.0 Å². The molecular formula is C5H12O3. The van der Waals surface area contributed by atoms with Crippen molar-refractivity contribution in [3.8, 4) is 0 Å². The lowest BCUT2D eigenvalue weighted by Gasteiger charge is -2.05. The van der Waals surface area contributed by atoms with Crippen LogP contribution < -0.4 is 0 Å². The molecule has 0 aromatic rings. The molecule has 0 spiro atoms. The third kappa shape index (κ3) is 4.05. The highest BCUT2D eigenvalue weighted by Crippen LogP contribution is 1.91. The van der Waals surface area contributed by atoms with Gasteiger partial charge >= 0.3 is 0 Å². The van der Waals surface area contributed by atoms with Gasteiger partial charge in [0.05, 0.1) is 6.61 Å². The van der Waals surface area contributed by atoms with Crippen LogP contribution in [0.4, 0.5) is 0 Å². The van der Waals surface area contributed by atoms with E-state index in [0.29, 0.717) is 13.0 Å². The minimum absolute atomic E-state index is 0.469. The predicted octanol–water partition coefficient (Wildman–Crippen LogP) is 0.683. The quantitative estimate of drug-likeness (QED) is 0.337. The van der Waals surface area contributed by atoms with E-state index in [1.165, 1.54) is 0 Å². The van der Waals surface area contributed by atoms with Crippen molar-refractivity contribution in [2.24, 2.45) is 0 Å². The lowest BCUT2D eigenvalue weighted by molar-refractivity contribution is -0.367. The summed E-state index contributed by atoms with van der Waals surface area (Å²) in [6.07, 6.45) is -0.213. The topological polar surface area (TPSA) is 38.7 Å². The van der Waals surface area contributed by atoms with E-state index in [4.69, 9.17) is 5.11 Å². The number of hydrogen-bond acceptors (Lipinski definition) is 3. The molecule has 8 heavy (non-hydrogen) atoms. The highest BCUT2D eigenvalue weighted by molar-refractivity contribution is 4.25. The standard InChI is InChI=1S/C5H12O3/c1-3-5(6)8-7-4-2/h5-6H,3-4H2,1-2H3. The number of hydrogen-bond donors (Lipinski definition) is 1. The summed E-state index contributed by atoms with van der Waals surface area (Å²) in [6, 6.07) is 0. The summed E-state index contributed by atoms with van der Waals surface area (Å²) in [5.74, 6) is 0. The van der Waals surface area contributed by atoms with E-state index in [9.17, 15) is 0 Å². The fourth-order valence-electron chi connectivity index (χ4n) is 0.215. The molecule has 0 radical (unpaired) electrons. The zero-order valence-corrected chi connectivity index (χ0v) is 5.26. The van der Waals surface area contributed by atoms with Crippen molar-refractivity contribution in [1.82, 2.24) is 0 Å². The van der Waals surface area contributed by atoms with Crippen molar-refractivity contribution in [3.63, 3.8) is 0 Å². The van der Waals surface area contributed by atoms with Gasteiger partial charge in [0.15, 0.2) is 6.29 Å². The van der Waals surface area contributed by atoms with E-state index in [0.717, 1.165) is 0 Å². The average molecular weight is 120 g/mol. The van der Waals surface area contributed by atoms with Crippen molar-refractivity contribution >= 4 is 0 Å². The van der Waals surface area contributed by atoms with Gasteiger partial charge in [0.2, 0.25) is 0 Å². The summed E-state index contributed by atoms with van der Waals surface area (Å²) in [4.78, 5) is 8.83. The fraction of sp³-hybridized carbons (Fsp3) is 1.00. The van der Waals surface area contributed by atoms with Gasteiger partial charge < -0.3 is 5.11 Å². The van der Waals surface area contributed by atoms with Gasteiger partial charge in [-0.15, -0.1) is 0 Å². The Morgan fingerprint density at radius 3 is 2.50 bits per heavy atom. The molecule has 3 heteroatoms. The van der Waals surface area contributed by atoms with E-state index in [2.05, 4.69) is 9.78 Å². The van der Waals surface area contributed by atoms with Crippen molar-refractivity contribution < 1.29 is 14.9 Å². The zero-order chi connectivity index (χ0) is 6.41. The molecular weight excluding hydrogens is 108 g/mol. The van der Waals surface area contributed by atoms with Crippen LogP contribution in [0.25, 0.3) is 0 Å². The van der Waals surface area contributed by atoms with Crippen LogP contribution in [0.15, 0.2) is 0 Å². The summed E-state index contributed by atoms with van der Waals surface area (Å²) in [5, 5.41) is 8.64. The number of rotatable bonds is 4. The molecule has 3 nitrogen and oxygen atoms in total. The lowest BCUT2D eigenvalue weighted by Crippen LogP contribution is -2.10. The van der Waals surface area contributed by atoms with E-state index < -0.39 is 6.29 Å². The highest BCUT2D eigenvalue weighted by Gasteiger charge is 1.97. The molecule has 0 fully saturated rings. The summed E-state index contributed by atoms with van der Waals surface area (Å²) in [6.45, 7) is 4.07. The normalized spacial score (nSPS) is 13.9. The summed E-state index contributed by atoms with van der Waals surface area (Å²) >= 11 is 0. The van der Waals surface area contributed by atoms with Gasteiger partial charge in [0, 0.05) is 0 Å². The van der Waals surface area contributed by atoms with E-state index in [-0.39, 0.29) is 0 Å². The molecule has 0 aliphatic rings. The minimum atomic E-state index is -0.769. The van der Waals surface area contributed by atoms with Crippen LogP contribution in [0.5, 0.6) is 0 Å². The maximum absolute atomic E-state index is 8.64. The average Bonchev–Trinajstić information content (AvgIpc) is 1.83. The Labute approximate surface area is 49.1 Å². The molecule has 1 atom stereocenters. The lowest BCUT2D eigenvalue weighted by atomic mass is 10.5. The first-order chi connectivity index (χ1) is 3.81. The van der Waals surface area contributed by atoms with Crippen LogP contribution in [0.2, 0.25) is 0 Å². The van der Waals surface area contributed by atoms with Crippen molar-refractivity contribution in [2.45, 2.75) is 26.6 Å². The van der Waals surface area contributed by atoms with Gasteiger partial charge in [-0.25, -0.2) is 9.78 Å². The van der Waals surface area contributed by atoms with Crippen molar-refractivity contribution in [1.29, 1.82) is 0 Å². The SMILES string of the molecule is CCOOC(O)CC. The van der Waals surface area contributed by atoms with E-state index in [1.807, 2.05) is 6.92 Å². The molecule has 0 amide bonds. The molecule has 0 bridgehead atoms. The Balaban J connectivity index is 2.86. The van der Waals surface area contributed by atoms with Gasteiger partial charge in [0.25, 0.3) is 0 Å². The van der Waals surface area contributed by atoms with E-state index in [1.54, 1.807) is 6.92 Å². The molecule has 0 aromatic heterocycles. The van der Waals surface area contributed by atoms with Crippen LogP contribution in [0.3, 0.4) is 0 Å². The van der Waals surface area contributed by atoms with Crippen LogP contribution >= 0.6 is 0 Å². The second-order valence-corrected chi connectivity index (χ2v) is 1.37. The molecule has 1 unspecified atom stereocenters. The van der Waals surface area contributed by atoms with Crippen LogP contribution in [0.1, 0.15) is 20.3 Å². The minimum Gasteiger partial charge on any atom is -0.366 e. The molecule has 1 N–H and O–H groups in total. The first-order valence-corrected chi connectivity index (χ1v) is 2.77. The van der Waals surface area contributed by atoms with Crippen molar-refractivity contribution in [3.05, 3.63) is 0 Å². The largest absolute Gasteiger partial charge is 0.366 e. The van der Waals surface area contributed by atoms with E-state index >= 15 is 0 Å². The van der Waals surface area contributed by atoms with Gasteiger partial charge in [-0.2, -0.15) is 0 Å². The summed E-state index contributed by atoms with van der Waals surface area (Å²) in [7, 11) is 0. The zero-order valence-electron chi connectivity index (χ0n) is 5.26. The number of aliphatic hydroxyl groups excluding tert-OH is 1. The molecule has 0 aliphatic carbocycles. The third-order valence-corrected chi connectivity index (χ3v) is 0.646. The third-order valence-electron chi connectivity index (χ3n) is 0.646. The second kappa shape index (κ2) is 5.03. The Morgan fingerprint density at radius 1 is 1.50 bits per heavy atom. The first-order valence-electron chi connectivity index (χ1n) is 2.77. The summed E-state index contributed by atoms with van der Waals surface area (Å²) < 4.78 is 0. The predicted molar refractivity (Wildman–Crippen MR) is 29.0 cm³/mol. The monoisotopic (exact) mass is 120 g/mol.